The summed E-state index contributed by atoms with van der Waals surface area (Å²) in [5, 5.41) is 0. The molecule has 0 aromatic heterocycles. The van der Waals surface area contributed by atoms with E-state index < -0.39 is 15.8 Å². The summed E-state index contributed by atoms with van der Waals surface area (Å²) in [6, 6.07) is 4.87. The van der Waals surface area contributed by atoms with Gasteiger partial charge in [-0.3, -0.25) is 9.69 Å². The number of carbonyl (C=O) groups excluding carboxylic acids is 1. The standard InChI is InChI=1S/C18H26FN3O4S/c1-15(23)22(8-7-20-9-11-26-12-10-20)17-5-6-21(14-17)27(24,25)18-4-2-3-16(19)13-18/h2-4,13,17H,5-12,14H2,1H3. The van der Waals surface area contributed by atoms with Crippen LogP contribution in [0.25, 0.3) is 0 Å². The Hall–Kier alpha value is -1.55. The van der Waals surface area contributed by atoms with Crippen LogP contribution < -0.4 is 0 Å². The Morgan fingerprint density at radius 1 is 1.30 bits per heavy atom. The van der Waals surface area contributed by atoms with Crippen LogP contribution in [0.4, 0.5) is 4.39 Å². The number of rotatable bonds is 6. The van der Waals surface area contributed by atoms with E-state index >= 15 is 0 Å². The molecule has 1 atom stereocenters. The molecule has 9 heteroatoms. The van der Waals surface area contributed by atoms with Gasteiger partial charge in [0.15, 0.2) is 0 Å². The normalized spacial score (nSPS) is 22.1. The van der Waals surface area contributed by atoms with Crippen LogP contribution in [-0.2, 0) is 19.6 Å². The van der Waals surface area contributed by atoms with Gasteiger partial charge >= 0.3 is 0 Å². The highest BCUT2D eigenvalue weighted by atomic mass is 32.2. The Bertz CT molecular complexity index is 768. The van der Waals surface area contributed by atoms with Crippen molar-refractivity contribution in [2.24, 2.45) is 0 Å². The summed E-state index contributed by atoms with van der Waals surface area (Å²) in [6.07, 6.45) is 0.581. The second-order valence-corrected chi connectivity index (χ2v) is 8.87. The quantitative estimate of drug-likeness (QED) is 0.707. The van der Waals surface area contributed by atoms with Gasteiger partial charge in [0.05, 0.1) is 18.1 Å². The molecular formula is C18H26FN3O4S. The maximum atomic E-state index is 13.4. The lowest BCUT2D eigenvalue weighted by Gasteiger charge is -2.32. The third kappa shape index (κ3) is 4.84. The van der Waals surface area contributed by atoms with Crippen molar-refractivity contribution in [3.8, 4) is 0 Å². The van der Waals surface area contributed by atoms with E-state index in [2.05, 4.69) is 4.90 Å². The number of nitrogens with zero attached hydrogens (tertiary/aromatic N) is 3. The molecule has 2 aliphatic rings. The fourth-order valence-corrected chi connectivity index (χ4v) is 5.16. The average molecular weight is 399 g/mol. The Morgan fingerprint density at radius 2 is 2.04 bits per heavy atom. The molecule has 0 N–H and O–H groups in total. The summed E-state index contributed by atoms with van der Waals surface area (Å²) in [5.41, 5.74) is 0. The molecule has 2 fully saturated rings. The maximum absolute atomic E-state index is 13.4. The van der Waals surface area contributed by atoms with Crippen molar-refractivity contribution >= 4 is 15.9 Å². The largest absolute Gasteiger partial charge is 0.379 e. The van der Waals surface area contributed by atoms with Crippen LogP contribution in [0.15, 0.2) is 29.2 Å². The van der Waals surface area contributed by atoms with Crippen LogP contribution in [0.2, 0.25) is 0 Å². The molecule has 0 radical (unpaired) electrons. The molecule has 1 unspecified atom stereocenters. The molecule has 0 bridgehead atoms. The summed E-state index contributed by atoms with van der Waals surface area (Å²) in [4.78, 5) is 16.1. The molecular weight excluding hydrogens is 373 g/mol. The molecule has 1 aromatic carbocycles. The van der Waals surface area contributed by atoms with Gasteiger partial charge in [0, 0.05) is 52.2 Å². The predicted octanol–water partition coefficient (Wildman–Crippen LogP) is 0.769. The van der Waals surface area contributed by atoms with Gasteiger partial charge in [0.25, 0.3) is 0 Å². The van der Waals surface area contributed by atoms with Crippen LogP contribution in [-0.4, -0.2) is 87.0 Å². The molecule has 0 aliphatic carbocycles. The van der Waals surface area contributed by atoms with E-state index in [-0.39, 0.29) is 23.4 Å². The Kier molecular flexibility index (Phi) is 6.46. The lowest BCUT2D eigenvalue weighted by atomic mass is 10.2. The van der Waals surface area contributed by atoms with E-state index in [1.165, 1.54) is 29.4 Å². The SMILES string of the molecule is CC(=O)N(CCN1CCOCC1)C1CCN(S(=O)(=O)c2cccc(F)c2)C1. The van der Waals surface area contributed by atoms with E-state index in [4.69, 9.17) is 4.74 Å². The average Bonchev–Trinajstić information content (AvgIpc) is 3.13. The van der Waals surface area contributed by atoms with E-state index in [9.17, 15) is 17.6 Å². The molecule has 2 aliphatic heterocycles. The van der Waals surface area contributed by atoms with Gasteiger partial charge in [-0.25, -0.2) is 12.8 Å². The van der Waals surface area contributed by atoms with Crippen molar-refractivity contribution < 1.29 is 22.3 Å². The molecule has 2 heterocycles. The van der Waals surface area contributed by atoms with Crippen LogP contribution in [0.1, 0.15) is 13.3 Å². The van der Waals surface area contributed by atoms with Crippen LogP contribution >= 0.6 is 0 Å². The van der Waals surface area contributed by atoms with Gasteiger partial charge in [0.1, 0.15) is 5.82 Å². The number of carbonyl (C=O) groups is 1. The highest BCUT2D eigenvalue weighted by Crippen LogP contribution is 2.24. The van der Waals surface area contributed by atoms with Gasteiger partial charge in [-0.2, -0.15) is 4.31 Å². The van der Waals surface area contributed by atoms with E-state index in [0.717, 1.165) is 25.7 Å². The first-order chi connectivity index (χ1) is 12.9. The zero-order valence-corrected chi connectivity index (χ0v) is 16.3. The number of morpholine rings is 1. The second-order valence-electron chi connectivity index (χ2n) is 6.93. The summed E-state index contributed by atoms with van der Waals surface area (Å²) in [6.45, 7) is 6.47. The zero-order chi connectivity index (χ0) is 19.4. The highest BCUT2D eigenvalue weighted by Gasteiger charge is 2.36. The molecule has 0 spiro atoms. The fourth-order valence-electron chi connectivity index (χ4n) is 3.63. The zero-order valence-electron chi connectivity index (χ0n) is 15.5. The van der Waals surface area contributed by atoms with Crippen LogP contribution in [0.5, 0.6) is 0 Å². The van der Waals surface area contributed by atoms with Gasteiger partial charge in [-0.15, -0.1) is 0 Å². The minimum atomic E-state index is -3.76. The van der Waals surface area contributed by atoms with Gasteiger partial charge < -0.3 is 9.64 Å². The first kappa shape index (κ1) is 20.2. The van der Waals surface area contributed by atoms with Crippen molar-refractivity contribution in [3.05, 3.63) is 30.1 Å². The second kappa shape index (κ2) is 8.64. The maximum Gasteiger partial charge on any atom is 0.243 e. The predicted molar refractivity (Wildman–Crippen MR) is 98.2 cm³/mol. The third-order valence-electron chi connectivity index (χ3n) is 5.17. The van der Waals surface area contributed by atoms with Crippen molar-refractivity contribution in [1.29, 1.82) is 0 Å². The molecule has 0 saturated carbocycles. The number of sulfonamides is 1. The molecule has 27 heavy (non-hydrogen) atoms. The molecule has 7 nitrogen and oxygen atoms in total. The minimum Gasteiger partial charge on any atom is -0.379 e. The summed E-state index contributed by atoms with van der Waals surface area (Å²) < 4.78 is 45.6. The number of hydrogen-bond acceptors (Lipinski definition) is 5. The van der Waals surface area contributed by atoms with Crippen molar-refractivity contribution in [1.82, 2.24) is 14.1 Å². The Morgan fingerprint density at radius 3 is 2.70 bits per heavy atom. The number of ether oxygens (including phenoxy) is 1. The summed E-state index contributed by atoms with van der Waals surface area (Å²) in [7, 11) is -3.76. The highest BCUT2D eigenvalue weighted by molar-refractivity contribution is 7.89. The first-order valence-corrected chi connectivity index (χ1v) is 10.6. The Balaban J connectivity index is 1.64. The molecule has 1 aromatic rings. The Labute approximate surface area is 159 Å². The topological polar surface area (TPSA) is 70.2 Å². The van der Waals surface area contributed by atoms with E-state index in [1.54, 1.807) is 4.90 Å². The third-order valence-corrected chi connectivity index (χ3v) is 7.03. The van der Waals surface area contributed by atoms with Crippen LogP contribution in [0.3, 0.4) is 0 Å². The van der Waals surface area contributed by atoms with Crippen molar-refractivity contribution in [2.45, 2.75) is 24.3 Å². The number of hydrogen-bond donors (Lipinski definition) is 0. The van der Waals surface area contributed by atoms with Gasteiger partial charge in [-0.05, 0) is 24.6 Å². The number of amides is 1. The molecule has 2 saturated heterocycles. The monoisotopic (exact) mass is 399 g/mol. The van der Waals surface area contributed by atoms with E-state index in [0.29, 0.717) is 32.7 Å². The van der Waals surface area contributed by atoms with Crippen LogP contribution in [0, 0.1) is 5.82 Å². The number of halogens is 1. The summed E-state index contributed by atoms with van der Waals surface area (Å²) >= 11 is 0. The van der Waals surface area contributed by atoms with Gasteiger partial charge in [0.2, 0.25) is 15.9 Å². The first-order valence-electron chi connectivity index (χ1n) is 9.21. The lowest BCUT2D eigenvalue weighted by molar-refractivity contribution is -0.131. The minimum absolute atomic E-state index is 0.0501. The van der Waals surface area contributed by atoms with E-state index in [1.807, 2.05) is 0 Å². The summed E-state index contributed by atoms with van der Waals surface area (Å²) in [5.74, 6) is -0.638. The molecule has 3 rings (SSSR count). The fraction of sp³-hybridized carbons (Fsp3) is 0.611. The lowest BCUT2D eigenvalue weighted by Crippen LogP contribution is -2.47. The molecule has 150 valence electrons. The van der Waals surface area contributed by atoms with Crippen molar-refractivity contribution in [2.75, 3.05) is 52.5 Å². The molecule has 1 amide bonds. The smallest absolute Gasteiger partial charge is 0.243 e. The van der Waals surface area contributed by atoms with Gasteiger partial charge in [-0.1, -0.05) is 6.07 Å². The van der Waals surface area contributed by atoms with Crippen molar-refractivity contribution in [3.63, 3.8) is 0 Å². The number of benzene rings is 1.